The third-order valence-corrected chi connectivity index (χ3v) is 3.98. The molecular formula is C17H21N3O2. The summed E-state index contributed by atoms with van der Waals surface area (Å²) in [5.41, 5.74) is 0.199. The second kappa shape index (κ2) is 6.32. The summed E-state index contributed by atoms with van der Waals surface area (Å²) in [4.78, 5) is 10.5. The molecule has 1 fully saturated rings. The summed E-state index contributed by atoms with van der Waals surface area (Å²) in [6, 6.07) is 9.65. The first-order valence-electron chi connectivity index (χ1n) is 7.59. The first-order chi connectivity index (χ1) is 10.7. The average Bonchev–Trinajstić information content (AvgIpc) is 2.55. The highest BCUT2D eigenvalue weighted by Crippen LogP contribution is 2.26. The third kappa shape index (κ3) is 3.36. The quantitative estimate of drug-likeness (QED) is 0.938. The maximum Gasteiger partial charge on any atom is 0.225 e. The van der Waals surface area contributed by atoms with Crippen LogP contribution in [-0.4, -0.2) is 40.4 Å². The Morgan fingerprint density at radius 1 is 1.23 bits per heavy atom. The number of hydrogen-bond acceptors (Lipinski definition) is 5. The van der Waals surface area contributed by atoms with Crippen molar-refractivity contribution >= 4 is 5.95 Å². The molecule has 0 amide bonds. The minimum atomic E-state index is -0.875. The summed E-state index contributed by atoms with van der Waals surface area (Å²) in [5.74, 6) is 1.49. The van der Waals surface area contributed by atoms with Gasteiger partial charge >= 0.3 is 0 Å². The van der Waals surface area contributed by atoms with E-state index >= 15 is 0 Å². The lowest BCUT2D eigenvalue weighted by Crippen LogP contribution is -2.52. The fourth-order valence-corrected chi connectivity index (χ4v) is 2.79. The van der Waals surface area contributed by atoms with Crippen LogP contribution in [0.15, 0.2) is 42.7 Å². The van der Waals surface area contributed by atoms with Crippen LogP contribution < -0.4 is 9.64 Å². The van der Waals surface area contributed by atoms with Crippen molar-refractivity contribution in [2.75, 3.05) is 24.6 Å². The van der Waals surface area contributed by atoms with Crippen molar-refractivity contribution in [1.29, 1.82) is 0 Å². The number of aliphatic hydroxyl groups is 1. The van der Waals surface area contributed by atoms with Gasteiger partial charge in [-0.25, -0.2) is 9.97 Å². The van der Waals surface area contributed by atoms with Crippen LogP contribution in [0, 0.1) is 6.92 Å². The lowest BCUT2D eigenvalue weighted by atomic mass is 9.94. The third-order valence-electron chi connectivity index (χ3n) is 3.98. The highest BCUT2D eigenvalue weighted by Gasteiger charge is 2.35. The van der Waals surface area contributed by atoms with E-state index in [4.69, 9.17) is 4.74 Å². The smallest absolute Gasteiger partial charge is 0.225 e. The van der Waals surface area contributed by atoms with Crippen molar-refractivity contribution in [3.05, 3.63) is 48.3 Å². The average molecular weight is 299 g/mol. The number of nitrogens with zero attached hydrogens (tertiary/aromatic N) is 3. The van der Waals surface area contributed by atoms with E-state index in [1.54, 1.807) is 18.5 Å². The maximum atomic E-state index is 10.8. The normalized spacial score (nSPS) is 21.6. The topological polar surface area (TPSA) is 58.5 Å². The van der Waals surface area contributed by atoms with Gasteiger partial charge in [-0.2, -0.15) is 0 Å². The van der Waals surface area contributed by atoms with Crippen molar-refractivity contribution in [3.63, 3.8) is 0 Å². The van der Waals surface area contributed by atoms with Crippen molar-refractivity contribution in [1.82, 2.24) is 9.97 Å². The van der Waals surface area contributed by atoms with Crippen LogP contribution in [0.4, 0.5) is 5.95 Å². The minimum absolute atomic E-state index is 0.279. The highest BCUT2D eigenvalue weighted by molar-refractivity contribution is 5.33. The van der Waals surface area contributed by atoms with Gasteiger partial charge in [0.25, 0.3) is 0 Å². The van der Waals surface area contributed by atoms with Gasteiger partial charge in [0.2, 0.25) is 5.95 Å². The first kappa shape index (κ1) is 14.8. The molecule has 1 aliphatic heterocycles. The number of piperidine rings is 1. The monoisotopic (exact) mass is 299 g/mol. The van der Waals surface area contributed by atoms with Gasteiger partial charge in [-0.3, -0.25) is 0 Å². The lowest BCUT2D eigenvalue weighted by Gasteiger charge is -2.38. The van der Waals surface area contributed by atoms with Crippen LogP contribution in [-0.2, 0) is 0 Å². The molecule has 1 N–H and O–H groups in total. The lowest BCUT2D eigenvalue weighted by molar-refractivity contribution is -0.0159. The van der Waals surface area contributed by atoms with Crippen LogP contribution >= 0.6 is 0 Å². The predicted molar refractivity (Wildman–Crippen MR) is 85.1 cm³/mol. The number of ether oxygens (including phenoxy) is 1. The minimum Gasteiger partial charge on any atom is -0.490 e. The van der Waals surface area contributed by atoms with Gasteiger partial charge in [-0.1, -0.05) is 18.2 Å². The van der Waals surface area contributed by atoms with Gasteiger partial charge in [0.05, 0.1) is 6.54 Å². The molecule has 1 saturated heterocycles. The summed E-state index contributed by atoms with van der Waals surface area (Å²) in [7, 11) is 0. The summed E-state index contributed by atoms with van der Waals surface area (Å²) in [5, 5.41) is 10.8. The number of rotatable bonds is 4. The van der Waals surface area contributed by atoms with Crippen molar-refractivity contribution < 1.29 is 9.84 Å². The number of aryl methyl sites for hydroxylation is 1. The fourth-order valence-electron chi connectivity index (χ4n) is 2.79. The number of β-amino-alcohol motifs (C(OH)–C–C–N with tert-alkyl or cyclic N) is 1. The Balaban J connectivity index is 1.66. The molecule has 0 radical (unpaired) electrons. The van der Waals surface area contributed by atoms with E-state index in [9.17, 15) is 5.11 Å². The van der Waals surface area contributed by atoms with E-state index in [-0.39, 0.29) is 6.61 Å². The van der Waals surface area contributed by atoms with Crippen molar-refractivity contribution in [2.45, 2.75) is 25.4 Å². The Bertz CT molecular complexity index is 620. The van der Waals surface area contributed by atoms with E-state index in [1.165, 1.54) is 0 Å². The molecule has 1 atom stereocenters. The molecule has 5 heteroatoms. The van der Waals surface area contributed by atoms with Crippen LogP contribution in [0.2, 0.25) is 0 Å². The SMILES string of the molecule is Cc1ccccc1OC[C@]1(O)CCCN(c2ncccn2)C1. The molecule has 0 bridgehead atoms. The molecular weight excluding hydrogens is 278 g/mol. The molecule has 0 spiro atoms. The Kier molecular flexibility index (Phi) is 4.24. The molecule has 2 heterocycles. The highest BCUT2D eigenvalue weighted by atomic mass is 16.5. The van der Waals surface area contributed by atoms with Gasteiger partial charge in [-0.15, -0.1) is 0 Å². The van der Waals surface area contributed by atoms with Crippen LogP contribution in [0.1, 0.15) is 18.4 Å². The Morgan fingerprint density at radius 2 is 2.00 bits per heavy atom. The fraction of sp³-hybridized carbons (Fsp3) is 0.412. The molecule has 0 aliphatic carbocycles. The molecule has 1 aromatic carbocycles. The summed E-state index contributed by atoms with van der Waals surface area (Å²) >= 11 is 0. The van der Waals surface area contributed by atoms with Gasteiger partial charge in [-0.05, 0) is 37.5 Å². The van der Waals surface area contributed by atoms with Crippen molar-refractivity contribution in [2.24, 2.45) is 0 Å². The molecule has 0 unspecified atom stereocenters. The van der Waals surface area contributed by atoms with Crippen LogP contribution in [0.5, 0.6) is 5.75 Å². The Morgan fingerprint density at radius 3 is 2.77 bits per heavy atom. The van der Waals surface area contributed by atoms with Gasteiger partial charge in [0.15, 0.2) is 0 Å². The molecule has 1 aliphatic rings. The van der Waals surface area contributed by atoms with E-state index in [0.717, 1.165) is 30.7 Å². The maximum absolute atomic E-state index is 10.8. The van der Waals surface area contributed by atoms with E-state index in [2.05, 4.69) is 9.97 Å². The predicted octanol–water partition coefficient (Wildman–Crippen LogP) is 2.20. The van der Waals surface area contributed by atoms with Gasteiger partial charge < -0.3 is 14.7 Å². The molecule has 5 nitrogen and oxygen atoms in total. The Hall–Kier alpha value is -2.14. The zero-order valence-corrected chi connectivity index (χ0v) is 12.8. The number of hydrogen-bond donors (Lipinski definition) is 1. The summed E-state index contributed by atoms with van der Waals surface area (Å²) in [6.45, 7) is 3.63. The molecule has 0 saturated carbocycles. The zero-order valence-electron chi connectivity index (χ0n) is 12.8. The number of para-hydroxylation sites is 1. The van der Waals surface area contributed by atoms with Crippen LogP contribution in [0.25, 0.3) is 0 Å². The van der Waals surface area contributed by atoms with Gasteiger partial charge in [0.1, 0.15) is 18.0 Å². The largest absolute Gasteiger partial charge is 0.490 e. The number of aromatic nitrogens is 2. The molecule has 116 valence electrons. The summed E-state index contributed by atoms with van der Waals surface area (Å²) in [6.07, 6.45) is 5.06. The first-order valence-corrected chi connectivity index (χ1v) is 7.59. The van der Waals surface area contributed by atoms with Crippen LogP contribution in [0.3, 0.4) is 0 Å². The summed E-state index contributed by atoms with van der Waals surface area (Å²) < 4.78 is 5.85. The Labute approximate surface area is 130 Å². The molecule has 2 aromatic rings. The number of anilines is 1. The molecule has 3 rings (SSSR count). The molecule has 22 heavy (non-hydrogen) atoms. The second-order valence-electron chi connectivity index (χ2n) is 5.85. The van der Waals surface area contributed by atoms with Gasteiger partial charge in [0, 0.05) is 18.9 Å². The standard InChI is InChI=1S/C17H21N3O2/c1-14-6-2-3-7-15(14)22-13-17(21)8-4-11-20(12-17)16-18-9-5-10-19-16/h2-3,5-7,9-10,21H,4,8,11-13H2,1H3/t17-/m0/s1. The van der Waals surface area contributed by atoms with Crippen molar-refractivity contribution in [3.8, 4) is 5.75 Å². The second-order valence-corrected chi connectivity index (χ2v) is 5.85. The zero-order chi connectivity index (χ0) is 15.4. The van der Waals surface area contributed by atoms with E-state index in [1.807, 2.05) is 36.1 Å². The molecule has 1 aromatic heterocycles. The van der Waals surface area contributed by atoms with E-state index < -0.39 is 5.60 Å². The van der Waals surface area contributed by atoms with E-state index in [0.29, 0.717) is 12.5 Å². The number of benzene rings is 1.